The zero-order valence-electron chi connectivity index (χ0n) is 23.8. The molecule has 2 bridgehead atoms. The minimum atomic E-state index is -2.07. The fourth-order valence-corrected chi connectivity index (χ4v) is 8.44. The molecule has 2 fully saturated rings. The first-order chi connectivity index (χ1) is 16.6. The molecule has 1 N–H and O–H groups in total. The molecule has 1 aromatic carbocycles. The van der Waals surface area contributed by atoms with Gasteiger partial charge in [0.2, 0.25) is 0 Å². The van der Waals surface area contributed by atoms with Crippen LogP contribution in [0.3, 0.4) is 0 Å². The van der Waals surface area contributed by atoms with Gasteiger partial charge in [0.25, 0.3) is 0 Å². The lowest BCUT2D eigenvalue weighted by atomic mass is 9.62. The SMILES string of the molecule is CC(C)[C@@H]([C@H](O)CC(=O)[C@@]1(O[Si](C)(C)C)C[C@H]2CC[C@]1(C)C2(C)C)N(C)C(=O)OCc1ccccc1. The Morgan fingerprint density at radius 1 is 1.14 bits per heavy atom. The Hall–Kier alpha value is -1.70. The van der Waals surface area contributed by atoms with Gasteiger partial charge in [-0.3, -0.25) is 4.79 Å². The molecule has 2 aliphatic carbocycles. The highest BCUT2D eigenvalue weighted by Gasteiger charge is 2.72. The van der Waals surface area contributed by atoms with Crippen LogP contribution in [0.2, 0.25) is 19.6 Å². The molecule has 0 heterocycles. The summed E-state index contributed by atoms with van der Waals surface area (Å²) in [5, 5.41) is 11.4. The minimum absolute atomic E-state index is 0.0112. The Bertz CT molecular complexity index is 943. The van der Waals surface area contributed by atoms with Crippen LogP contribution in [0.1, 0.15) is 65.9 Å². The van der Waals surface area contributed by atoms with Crippen LogP contribution in [0.15, 0.2) is 30.3 Å². The molecule has 202 valence electrons. The highest BCUT2D eigenvalue weighted by atomic mass is 28.4. The van der Waals surface area contributed by atoms with E-state index in [1.807, 2.05) is 44.2 Å². The molecule has 0 radical (unpaired) electrons. The van der Waals surface area contributed by atoms with E-state index in [1.165, 1.54) is 4.90 Å². The van der Waals surface area contributed by atoms with Crippen molar-refractivity contribution in [3.8, 4) is 0 Å². The number of aliphatic hydroxyl groups excluding tert-OH is 1. The number of aliphatic hydroxyl groups is 1. The number of carbonyl (C=O) groups excluding carboxylic acids is 2. The van der Waals surface area contributed by atoms with Gasteiger partial charge >= 0.3 is 6.09 Å². The standard InChI is InChI=1S/C29H47NO5Si/c1-20(2)25(30(6)26(33)34-19-21-13-11-10-12-14-21)23(31)17-24(32)29(35-36(7,8)9)18-22-15-16-28(29,5)27(22,3)4/h10-14,20,22-23,25,31H,15-19H2,1-9H3/t22-,23-,25+,28-,29+/m1/s1. The lowest BCUT2D eigenvalue weighted by Gasteiger charge is -2.50. The number of amides is 1. The lowest BCUT2D eigenvalue weighted by Crippen LogP contribution is -2.60. The third-order valence-corrected chi connectivity index (χ3v) is 10.2. The van der Waals surface area contributed by atoms with E-state index >= 15 is 0 Å². The molecule has 36 heavy (non-hydrogen) atoms. The Kier molecular flexibility index (Phi) is 8.19. The first-order valence-electron chi connectivity index (χ1n) is 13.4. The van der Waals surface area contributed by atoms with E-state index in [4.69, 9.17) is 9.16 Å². The number of nitrogens with zero attached hydrogens (tertiary/aromatic N) is 1. The molecular weight excluding hydrogens is 470 g/mol. The fourth-order valence-electron chi connectivity index (χ4n) is 6.97. The van der Waals surface area contributed by atoms with Crippen molar-refractivity contribution in [2.24, 2.45) is 22.7 Å². The van der Waals surface area contributed by atoms with E-state index in [0.29, 0.717) is 12.3 Å². The maximum Gasteiger partial charge on any atom is 0.410 e. The highest BCUT2D eigenvalue weighted by molar-refractivity contribution is 6.70. The third-order valence-electron chi connectivity index (χ3n) is 9.20. The van der Waals surface area contributed by atoms with Crippen LogP contribution in [0.5, 0.6) is 0 Å². The molecule has 1 amide bonds. The van der Waals surface area contributed by atoms with Crippen molar-refractivity contribution >= 4 is 20.2 Å². The molecule has 7 heteroatoms. The third kappa shape index (κ3) is 5.16. The summed E-state index contributed by atoms with van der Waals surface area (Å²) in [6, 6.07) is 8.95. The number of hydrogen-bond donors (Lipinski definition) is 1. The topological polar surface area (TPSA) is 76.1 Å². The second kappa shape index (κ2) is 10.2. The summed E-state index contributed by atoms with van der Waals surface area (Å²) in [6.07, 6.45) is 1.22. The summed E-state index contributed by atoms with van der Waals surface area (Å²) in [7, 11) is -0.433. The van der Waals surface area contributed by atoms with Crippen molar-refractivity contribution in [2.45, 2.75) is 104 Å². The average Bonchev–Trinajstić information content (AvgIpc) is 3.09. The Balaban J connectivity index is 1.79. The van der Waals surface area contributed by atoms with Crippen LogP contribution in [-0.2, 0) is 20.6 Å². The van der Waals surface area contributed by atoms with Gasteiger partial charge in [0, 0.05) is 18.9 Å². The van der Waals surface area contributed by atoms with E-state index in [9.17, 15) is 14.7 Å². The summed E-state index contributed by atoms with van der Waals surface area (Å²) < 4.78 is 12.3. The molecule has 2 aliphatic rings. The largest absolute Gasteiger partial charge is 0.445 e. The number of carbonyl (C=O) groups is 2. The summed E-state index contributed by atoms with van der Waals surface area (Å²) in [5.41, 5.74) is -0.287. The first kappa shape index (κ1) is 28.9. The van der Waals surface area contributed by atoms with Gasteiger partial charge in [0.15, 0.2) is 14.1 Å². The quantitative estimate of drug-likeness (QED) is 0.383. The molecule has 6 nitrogen and oxygen atoms in total. The maximum atomic E-state index is 14.2. The maximum absolute atomic E-state index is 14.2. The monoisotopic (exact) mass is 517 g/mol. The average molecular weight is 518 g/mol. The van der Waals surface area contributed by atoms with Crippen molar-refractivity contribution in [2.75, 3.05) is 7.05 Å². The predicted molar refractivity (Wildman–Crippen MR) is 145 cm³/mol. The van der Waals surface area contributed by atoms with Gasteiger partial charge < -0.3 is 19.2 Å². The number of benzene rings is 1. The van der Waals surface area contributed by atoms with Crippen molar-refractivity contribution in [1.82, 2.24) is 4.90 Å². The van der Waals surface area contributed by atoms with E-state index in [-0.39, 0.29) is 35.6 Å². The lowest BCUT2D eigenvalue weighted by molar-refractivity contribution is -0.154. The fraction of sp³-hybridized carbons (Fsp3) is 0.724. The second-order valence-electron chi connectivity index (χ2n) is 13.1. The molecule has 0 unspecified atom stereocenters. The Morgan fingerprint density at radius 3 is 2.22 bits per heavy atom. The first-order valence-corrected chi connectivity index (χ1v) is 16.8. The van der Waals surface area contributed by atoms with E-state index < -0.39 is 32.2 Å². The highest BCUT2D eigenvalue weighted by Crippen LogP contribution is 2.71. The minimum Gasteiger partial charge on any atom is -0.445 e. The molecule has 2 saturated carbocycles. The second-order valence-corrected chi connectivity index (χ2v) is 17.5. The molecule has 0 aromatic heterocycles. The number of Topliss-reactive ketones (excluding diaryl/α,β-unsaturated/α-hetero) is 1. The van der Waals surface area contributed by atoms with Gasteiger partial charge in [-0.1, -0.05) is 65.0 Å². The summed E-state index contributed by atoms with van der Waals surface area (Å²) in [5.74, 6) is 0.339. The molecular formula is C29H47NO5Si. The van der Waals surface area contributed by atoms with Gasteiger partial charge in [-0.05, 0) is 61.7 Å². The van der Waals surface area contributed by atoms with Crippen molar-refractivity contribution in [3.63, 3.8) is 0 Å². The van der Waals surface area contributed by atoms with Crippen LogP contribution in [0.4, 0.5) is 4.79 Å². The van der Waals surface area contributed by atoms with Gasteiger partial charge in [0.05, 0.1) is 12.1 Å². The number of likely N-dealkylation sites (N-methyl/N-ethyl adjacent to an activating group) is 1. The normalized spacial score (nSPS) is 28.7. The number of ketones is 1. The van der Waals surface area contributed by atoms with Crippen LogP contribution in [0.25, 0.3) is 0 Å². The van der Waals surface area contributed by atoms with Gasteiger partial charge in [0.1, 0.15) is 12.2 Å². The molecule has 5 atom stereocenters. The number of fused-ring (bicyclic) bond motifs is 2. The van der Waals surface area contributed by atoms with E-state index in [1.54, 1.807) is 7.05 Å². The molecule has 0 saturated heterocycles. The van der Waals surface area contributed by atoms with Crippen LogP contribution >= 0.6 is 0 Å². The van der Waals surface area contributed by atoms with Crippen molar-refractivity contribution in [1.29, 1.82) is 0 Å². The Labute approximate surface area is 218 Å². The van der Waals surface area contributed by atoms with Crippen LogP contribution in [0, 0.1) is 22.7 Å². The number of rotatable bonds is 10. The number of hydrogen-bond acceptors (Lipinski definition) is 5. The van der Waals surface area contributed by atoms with Crippen molar-refractivity contribution < 1.29 is 23.9 Å². The smallest absolute Gasteiger partial charge is 0.410 e. The van der Waals surface area contributed by atoms with Gasteiger partial charge in [-0.25, -0.2) is 4.79 Å². The van der Waals surface area contributed by atoms with Crippen LogP contribution < -0.4 is 0 Å². The molecule has 0 aliphatic heterocycles. The Morgan fingerprint density at radius 2 is 1.75 bits per heavy atom. The van der Waals surface area contributed by atoms with Crippen molar-refractivity contribution in [3.05, 3.63) is 35.9 Å². The molecule has 1 aromatic rings. The van der Waals surface area contributed by atoms with Crippen LogP contribution in [-0.4, -0.2) is 55.0 Å². The van der Waals surface area contributed by atoms with E-state index in [0.717, 1.165) is 18.4 Å². The summed E-state index contributed by atoms with van der Waals surface area (Å²) >= 11 is 0. The van der Waals surface area contributed by atoms with Gasteiger partial charge in [-0.2, -0.15) is 0 Å². The number of ether oxygens (including phenoxy) is 1. The van der Waals surface area contributed by atoms with Gasteiger partial charge in [-0.15, -0.1) is 0 Å². The predicted octanol–water partition coefficient (Wildman–Crippen LogP) is 6.04. The summed E-state index contributed by atoms with van der Waals surface area (Å²) in [6.45, 7) is 17.2. The zero-order valence-corrected chi connectivity index (χ0v) is 24.8. The molecule has 3 rings (SSSR count). The summed E-state index contributed by atoms with van der Waals surface area (Å²) in [4.78, 5) is 28.5. The van der Waals surface area contributed by atoms with E-state index in [2.05, 4.69) is 40.4 Å². The molecule has 0 spiro atoms. The zero-order chi connectivity index (χ0) is 27.1.